The first kappa shape index (κ1) is 18.5. The molecule has 2 aromatic carbocycles. The summed E-state index contributed by atoms with van der Waals surface area (Å²) in [6.07, 6.45) is 0. The maximum absolute atomic E-state index is 12.6. The second-order valence-electron chi connectivity index (χ2n) is 6.38. The summed E-state index contributed by atoms with van der Waals surface area (Å²) in [5.74, 6) is 0.628. The Morgan fingerprint density at radius 2 is 1.78 bits per heavy atom. The number of hydrogen-bond acceptors (Lipinski definition) is 3. The Balaban J connectivity index is 1.77. The van der Waals surface area contributed by atoms with Crippen LogP contribution in [0.25, 0.3) is 5.69 Å². The van der Waals surface area contributed by atoms with Gasteiger partial charge >= 0.3 is 6.03 Å². The highest BCUT2D eigenvalue weighted by Gasteiger charge is 2.18. The summed E-state index contributed by atoms with van der Waals surface area (Å²) in [7, 11) is 3.35. The van der Waals surface area contributed by atoms with Gasteiger partial charge in [0.1, 0.15) is 5.75 Å². The summed E-state index contributed by atoms with van der Waals surface area (Å²) in [6, 6.07) is 17.1. The average Bonchev–Trinajstić information content (AvgIpc) is 2.97. The highest BCUT2D eigenvalue weighted by Crippen LogP contribution is 2.24. The fraction of sp³-hybridized carbons (Fsp3) is 0.238. The van der Waals surface area contributed by atoms with Gasteiger partial charge in [-0.15, -0.1) is 0 Å². The molecule has 0 atom stereocenters. The van der Waals surface area contributed by atoms with Gasteiger partial charge in [-0.05, 0) is 38.1 Å². The van der Waals surface area contributed by atoms with Crippen molar-refractivity contribution in [1.29, 1.82) is 0 Å². The zero-order chi connectivity index (χ0) is 19.4. The van der Waals surface area contributed by atoms with E-state index in [0.717, 1.165) is 22.6 Å². The summed E-state index contributed by atoms with van der Waals surface area (Å²) >= 11 is 0. The highest BCUT2D eigenvalue weighted by molar-refractivity contribution is 5.90. The summed E-state index contributed by atoms with van der Waals surface area (Å²) < 4.78 is 7.20. The largest absolute Gasteiger partial charge is 0.495 e. The van der Waals surface area contributed by atoms with Crippen molar-refractivity contribution in [2.45, 2.75) is 20.4 Å². The van der Waals surface area contributed by atoms with Gasteiger partial charge in [-0.1, -0.05) is 30.3 Å². The maximum Gasteiger partial charge on any atom is 0.321 e. The molecule has 6 heteroatoms. The fourth-order valence-electron chi connectivity index (χ4n) is 2.99. The number of aromatic nitrogens is 2. The Kier molecular flexibility index (Phi) is 5.45. The van der Waals surface area contributed by atoms with E-state index >= 15 is 0 Å². The van der Waals surface area contributed by atoms with Crippen LogP contribution in [0.4, 0.5) is 10.5 Å². The van der Waals surface area contributed by atoms with Gasteiger partial charge in [0, 0.05) is 18.3 Å². The van der Waals surface area contributed by atoms with Crippen molar-refractivity contribution in [3.8, 4) is 11.4 Å². The van der Waals surface area contributed by atoms with Gasteiger partial charge in [0.2, 0.25) is 0 Å². The molecule has 3 aromatic rings. The number of anilines is 1. The van der Waals surface area contributed by atoms with Crippen LogP contribution in [0.5, 0.6) is 5.75 Å². The third kappa shape index (κ3) is 3.95. The molecule has 1 heterocycles. The minimum absolute atomic E-state index is 0.203. The van der Waals surface area contributed by atoms with E-state index in [-0.39, 0.29) is 6.03 Å². The molecule has 0 radical (unpaired) electrons. The van der Waals surface area contributed by atoms with E-state index < -0.39 is 0 Å². The normalized spacial score (nSPS) is 10.5. The molecule has 2 amide bonds. The molecule has 0 aliphatic heterocycles. The van der Waals surface area contributed by atoms with E-state index in [1.807, 2.05) is 73.1 Å². The fourth-order valence-corrected chi connectivity index (χ4v) is 2.99. The molecule has 1 aromatic heterocycles. The molecule has 3 rings (SSSR count). The number of hydrogen-bond donors (Lipinski definition) is 1. The lowest BCUT2D eigenvalue weighted by Gasteiger charge is -2.19. The van der Waals surface area contributed by atoms with Gasteiger partial charge < -0.3 is 15.0 Å². The molecule has 0 unspecified atom stereocenters. The number of carbonyl (C=O) groups excluding carboxylic acids is 1. The molecule has 1 N–H and O–H groups in total. The van der Waals surface area contributed by atoms with Crippen molar-refractivity contribution >= 4 is 11.7 Å². The van der Waals surface area contributed by atoms with Gasteiger partial charge in [0.25, 0.3) is 0 Å². The van der Waals surface area contributed by atoms with Crippen LogP contribution < -0.4 is 10.1 Å². The highest BCUT2D eigenvalue weighted by atomic mass is 16.5. The monoisotopic (exact) mass is 364 g/mol. The molecular formula is C21H24N4O2. The van der Waals surface area contributed by atoms with Gasteiger partial charge in [0.05, 0.1) is 30.7 Å². The zero-order valence-corrected chi connectivity index (χ0v) is 16.1. The van der Waals surface area contributed by atoms with E-state index in [2.05, 4.69) is 10.4 Å². The first-order valence-electron chi connectivity index (χ1n) is 8.77. The number of benzene rings is 2. The minimum Gasteiger partial charge on any atom is -0.495 e. The Morgan fingerprint density at radius 3 is 2.48 bits per heavy atom. The predicted molar refractivity (Wildman–Crippen MR) is 107 cm³/mol. The van der Waals surface area contributed by atoms with Crippen LogP contribution in [-0.4, -0.2) is 34.9 Å². The second kappa shape index (κ2) is 7.95. The van der Waals surface area contributed by atoms with Crippen LogP contribution in [0.2, 0.25) is 0 Å². The lowest BCUT2D eigenvalue weighted by molar-refractivity contribution is 0.220. The molecule has 0 saturated carbocycles. The van der Waals surface area contributed by atoms with E-state index in [1.165, 1.54) is 0 Å². The average molecular weight is 364 g/mol. The van der Waals surface area contributed by atoms with Gasteiger partial charge in [-0.25, -0.2) is 9.48 Å². The Labute approximate surface area is 159 Å². The predicted octanol–water partition coefficient (Wildman–Crippen LogP) is 4.16. The maximum atomic E-state index is 12.6. The third-order valence-electron chi connectivity index (χ3n) is 4.53. The Morgan fingerprint density at radius 1 is 1.11 bits per heavy atom. The summed E-state index contributed by atoms with van der Waals surface area (Å²) in [5, 5.41) is 7.54. The van der Waals surface area contributed by atoms with E-state index in [4.69, 9.17) is 4.74 Å². The van der Waals surface area contributed by atoms with Gasteiger partial charge in [-0.3, -0.25) is 0 Å². The van der Waals surface area contributed by atoms with Crippen LogP contribution >= 0.6 is 0 Å². The summed E-state index contributed by atoms with van der Waals surface area (Å²) in [6.45, 7) is 4.45. The van der Waals surface area contributed by atoms with Crippen LogP contribution in [-0.2, 0) is 6.54 Å². The number of amides is 2. The molecule has 0 saturated heterocycles. The number of nitrogens with one attached hydrogen (secondary N) is 1. The molecule has 0 bridgehead atoms. The van der Waals surface area contributed by atoms with Crippen LogP contribution in [0, 0.1) is 13.8 Å². The second-order valence-corrected chi connectivity index (χ2v) is 6.38. The number of rotatable bonds is 5. The smallest absolute Gasteiger partial charge is 0.321 e. The van der Waals surface area contributed by atoms with E-state index in [0.29, 0.717) is 18.0 Å². The number of ether oxygens (including phenoxy) is 1. The first-order chi connectivity index (χ1) is 13.0. The van der Waals surface area contributed by atoms with Crippen LogP contribution in [0.3, 0.4) is 0 Å². The first-order valence-corrected chi connectivity index (χ1v) is 8.77. The molecule has 0 fully saturated rings. The van der Waals surface area contributed by atoms with Crippen molar-refractivity contribution in [1.82, 2.24) is 14.7 Å². The lowest BCUT2D eigenvalue weighted by atomic mass is 10.2. The number of urea groups is 1. The van der Waals surface area contributed by atoms with Crippen molar-refractivity contribution in [2.24, 2.45) is 0 Å². The SMILES string of the molecule is COc1ccccc1NC(=O)N(C)Cc1c(C)nn(-c2ccccc2)c1C. The van der Waals surface area contributed by atoms with Crippen molar-refractivity contribution in [3.05, 3.63) is 71.5 Å². The van der Waals surface area contributed by atoms with E-state index in [1.54, 1.807) is 19.1 Å². The lowest BCUT2D eigenvalue weighted by Crippen LogP contribution is -2.31. The molecule has 140 valence electrons. The van der Waals surface area contributed by atoms with E-state index in [9.17, 15) is 4.79 Å². The molecule has 27 heavy (non-hydrogen) atoms. The number of carbonyl (C=O) groups is 1. The third-order valence-corrected chi connectivity index (χ3v) is 4.53. The zero-order valence-electron chi connectivity index (χ0n) is 16.1. The standard InChI is InChI=1S/C21H24N4O2/c1-15-18(16(2)25(23-15)17-10-6-5-7-11-17)14-24(3)21(26)22-19-12-8-9-13-20(19)27-4/h5-13H,14H2,1-4H3,(H,22,26). The molecular weight excluding hydrogens is 340 g/mol. The molecule has 0 spiro atoms. The van der Waals surface area contributed by atoms with Crippen molar-refractivity contribution in [2.75, 3.05) is 19.5 Å². The van der Waals surface area contributed by atoms with Gasteiger partial charge in [0.15, 0.2) is 0 Å². The number of methoxy groups -OCH3 is 1. The van der Waals surface area contributed by atoms with Crippen molar-refractivity contribution < 1.29 is 9.53 Å². The molecule has 0 aliphatic rings. The summed E-state index contributed by atoms with van der Waals surface area (Å²) in [5.41, 5.74) is 4.62. The van der Waals surface area contributed by atoms with Crippen LogP contribution in [0.1, 0.15) is 17.0 Å². The topological polar surface area (TPSA) is 59.4 Å². The van der Waals surface area contributed by atoms with Gasteiger partial charge in [-0.2, -0.15) is 5.10 Å². The quantitative estimate of drug-likeness (QED) is 0.739. The number of nitrogens with zero attached hydrogens (tertiary/aromatic N) is 3. The molecule has 6 nitrogen and oxygen atoms in total. The molecule has 0 aliphatic carbocycles. The minimum atomic E-state index is -0.203. The number of para-hydroxylation sites is 3. The Bertz CT molecular complexity index is 935. The van der Waals surface area contributed by atoms with Crippen LogP contribution in [0.15, 0.2) is 54.6 Å². The summed E-state index contributed by atoms with van der Waals surface area (Å²) in [4.78, 5) is 14.3. The van der Waals surface area contributed by atoms with Crippen molar-refractivity contribution in [3.63, 3.8) is 0 Å². The Hall–Kier alpha value is -3.28. The number of aryl methyl sites for hydroxylation is 1.